The van der Waals surface area contributed by atoms with Crippen LogP contribution in [0.5, 0.6) is 11.5 Å². The molecule has 0 saturated heterocycles. The predicted molar refractivity (Wildman–Crippen MR) is 128 cm³/mol. The number of carbonyl (C=O) groups excluding carboxylic acids is 1. The number of rotatable bonds is 7. The molecule has 1 atom stereocenters. The lowest BCUT2D eigenvalue weighted by molar-refractivity contribution is -0.119. The maximum Gasteiger partial charge on any atom is 0.277 e. The highest BCUT2D eigenvalue weighted by molar-refractivity contribution is 7.99. The molecule has 1 amide bonds. The highest BCUT2D eigenvalue weighted by atomic mass is 32.2. The highest BCUT2D eigenvalue weighted by Crippen LogP contribution is 2.34. The summed E-state index contributed by atoms with van der Waals surface area (Å²) in [5.74, 6) is 2.21. The predicted octanol–water partition coefficient (Wildman–Crippen LogP) is 5.12. The summed E-state index contributed by atoms with van der Waals surface area (Å²) in [7, 11) is 0. The number of nitrogens with zero attached hydrogens (tertiary/aromatic N) is 2. The van der Waals surface area contributed by atoms with Crippen molar-refractivity contribution < 1.29 is 18.7 Å². The Morgan fingerprint density at radius 1 is 1.03 bits per heavy atom. The Bertz CT molecular complexity index is 1110. The van der Waals surface area contributed by atoms with Crippen LogP contribution in [0.4, 0.5) is 0 Å². The maximum absolute atomic E-state index is 12.7. The van der Waals surface area contributed by atoms with Gasteiger partial charge in [-0.15, -0.1) is 10.2 Å². The molecule has 0 unspecified atom stereocenters. The zero-order valence-electron chi connectivity index (χ0n) is 19.4. The highest BCUT2D eigenvalue weighted by Gasteiger charge is 2.22. The lowest BCUT2D eigenvalue weighted by Gasteiger charge is -2.23. The molecule has 33 heavy (non-hydrogen) atoms. The summed E-state index contributed by atoms with van der Waals surface area (Å²) in [6, 6.07) is 11.8. The van der Waals surface area contributed by atoms with Gasteiger partial charge in [-0.3, -0.25) is 4.79 Å². The fourth-order valence-corrected chi connectivity index (χ4v) is 4.41. The van der Waals surface area contributed by atoms with Crippen molar-refractivity contribution in [2.75, 3.05) is 19.0 Å². The van der Waals surface area contributed by atoms with E-state index in [1.807, 2.05) is 44.2 Å². The van der Waals surface area contributed by atoms with Crippen LogP contribution in [0.2, 0.25) is 0 Å². The first-order chi connectivity index (χ1) is 15.9. The minimum atomic E-state index is -0.149. The van der Waals surface area contributed by atoms with E-state index < -0.39 is 0 Å². The van der Waals surface area contributed by atoms with Crippen molar-refractivity contribution in [3.63, 3.8) is 0 Å². The molecular formula is C25H29N3O4S. The Morgan fingerprint density at radius 3 is 2.48 bits per heavy atom. The van der Waals surface area contributed by atoms with Crippen molar-refractivity contribution in [2.45, 2.75) is 45.4 Å². The Morgan fingerprint density at radius 2 is 1.76 bits per heavy atom. The molecule has 0 spiro atoms. The zero-order chi connectivity index (χ0) is 23.4. The molecule has 1 aliphatic rings. The molecule has 1 aromatic heterocycles. The van der Waals surface area contributed by atoms with Gasteiger partial charge in [0.2, 0.25) is 11.8 Å². The number of ether oxygens (including phenoxy) is 2. The van der Waals surface area contributed by atoms with Gasteiger partial charge in [0.15, 0.2) is 11.5 Å². The molecule has 3 aromatic rings. The molecule has 7 nitrogen and oxygen atoms in total. The Labute approximate surface area is 198 Å². The van der Waals surface area contributed by atoms with Gasteiger partial charge >= 0.3 is 0 Å². The summed E-state index contributed by atoms with van der Waals surface area (Å²) in [5.41, 5.74) is 4.13. The number of amides is 1. The number of benzene rings is 2. The Balaban J connectivity index is 1.39. The summed E-state index contributed by atoms with van der Waals surface area (Å²) >= 11 is 1.23. The van der Waals surface area contributed by atoms with E-state index >= 15 is 0 Å². The van der Waals surface area contributed by atoms with Crippen LogP contribution < -0.4 is 14.8 Å². The van der Waals surface area contributed by atoms with E-state index in [4.69, 9.17) is 13.9 Å². The molecular weight excluding hydrogens is 438 g/mol. The van der Waals surface area contributed by atoms with Crippen LogP contribution in [0.3, 0.4) is 0 Å². The molecule has 0 aliphatic carbocycles. The average Bonchev–Trinajstić information content (AvgIpc) is 3.12. The molecule has 8 heteroatoms. The average molecular weight is 468 g/mol. The van der Waals surface area contributed by atoms with Crippen LogP contribution in [-0.4, -0.2) is 35.1 Å². The number of carbonyl (C=O) groups is 1. The van der Waals surface area contributed by atoms with Crippen LogP contribution in [0.25, 0.3) is 11.5 Å². The molecule has 2 aromatic carbocycles. The first-order valence-corrected chi connectivity index (χ1v) is 12.1. The summed E-state index contributed by atoms with van der Waals surface area (Å²) in [6.07, 6.45) is 0.854. The smallest absolute Gasteiger partial charge is 0.277 e. The summed E-state index contributed by atoms with van der Waals surface area (Å²) in [4.78, 5) is 12.7. The number of aromatic nitrogens is 2. The molecule has 0 radical (unpaired) electrons. The van der Waals surface area contributed by atoms with Gasteiger partial charge in [-0.2, -0.15) is 0 Å². The van der Waals surface area contributed by atoms with Crippen molar-refractivity contribution >= 4 is 17.7 Å². The summed E-state index contributed by atoms with van der Waals surface area (Å²) in [5, 5.41) is 11.7. The number of hydrogen-bond acceptors (Lipinski definition) is 7. The number of thioether (sulfide) groups is 1. The first-order valence-electron chi connectivity index (χ1n) is 11.1. The van der Waals surface area contributed by atoms with Gasteiger partial charge in [0.05, 0.1) is 25.0 Å². The normalized spacial score (nSPS) is 14.1. The van der Waals surface area contributed by atoms with Crippen molar-refractivity contribution in [3.05, 3.63) is 53.1 Å². The first kappa shape index (κ1) is 23.2. The number of nitrogens with one attached hydrogen (secondary N) is 1. The van der Waals surface area contributed by atoms with Crippen molar-refractivity contribution in [3.8, 4) is 23.0 Å². The second-order valence-corrected chi connectivity index (χ2v) is 9.51. The van der Waals surface area contributed by atoms with Crippen LogP contribution in [0.15, 0.2) is 46.0 Å². The van der Waals surface area contributed by atoms with Gasteiger partial charge < -0.3 is 19.2 Å². The van der Waals surface area contributed by atoms with Gasteiger partial charge in [0.25, 0.3) is 5.22 Å². The van der Waals surface area contributed by atoms with Gasteiger partial charge in [0, 0.05) is 12.0 Å². The number of fused-ring (bicyclic) bond motifs is 1. The zero-order valence-corrected chi connectivity index (χ0v) is 20.2. The number of hydrogen-bond donors (Lipinski definition) is 1. The molecule has 174 valence electrons. The summed E-state index contributed by atoms with van der Waals surface area (Å²) < 4.78 is 17.3. The van der Waals surface area contributed by atoms with Crippen molar-refractivity contribution in [1.82, 2.24) is 15.5 Å². The third-order valence-corrected chi connectivity index (χ3v) is 6.13. The minimum absolute atomic E-state index is 0.100. The molecule has 4 rings (SSSR count). The standard InChI is InChI=1S/C25H29N3O4S/c1-15(2)23(18-6-7-20-21(13-18)31-9-5-8-30-20)26-22(29)14-33-25-28-27-24(32-25)19-11-16(3)10-17(4)12-19/h6-7,10-13,15,23H,5,8-9,14H2,1-4H3,(H,26,29)/t23-/m0/s1. The maximum atomic E-state index is 12.7. The largest absolute Gasteiger partial charge is 0.490 e. The van der Waals surface area contributed by atoms with Gasteiger partial charge in [0.1, 0.15) is 0 Å². The van der Waals surface area contributed by atoms with Crippen molar-refractivity contribution in [2.24, 2.45) is 5.92 Å². The fourth-order valence-electron chi connectivity index (χ4n) is 3.83. The van der Waals surface area contributed by atoms with Crippen LogP contribution >= 0.6 is 11.8 Å². The molecule has 2 heterocycles. The SMILES string of the molecule is Cc1cc(C)cc(-c2nnc(SCC(=O)N[C@H](c3ccc4c(c3)OCCCO4)C(C)C)o2)c1. The number of aryl methyl sites for hydroxylation is 2. The molecule has 0 saturated carbocycles. The van der Waals surface area contributed by atoms with E-state index in [0.29, 0.717) is 24.3 Å². The second-order valence-electron chi connectivity index (χ2n) is 8.58. The minimum Gasteiger partial charge on any atom is -0.490 e. The molecule has 0 fully saturated rings. The van der Waals surface area contributed by atoms with Crippen LogP contribution in [0.1, 0.15) is 43.0 Å². The Hall–Kier alpha value is -3.00. The molecule has 1 aliphatic heterocycles. The third kappa shape index (κ3) is 5.87. The van der Waals surface area contributed by atoms with E-state index in [0.717, 1.165) is 40.2 Å². The summed E-state index contributed by atoms with van der Waals surface area (Å²) in [6.45, 7) is 9.49. The van der Waals surface area contributed by atoms with Crippen LogP contribution in [-0.2, 0) is 4.79 Å². The molecule has 0 bridgehead atoms. The van der Waals surface area contributed by atoms with E-state index in [9.17, 15) is 4.79 Å². The Kier molecular flexibility index (Phi) is 7.23. The van der Waals surface area contributed by atoms with Gasteiger partial charge in [-0.1, -0.05) is 48.9 Å². The second kappa shape index (κ2) is 10.3. The van der Waals surface area contributed by atoms with Gasteiger partial charge in [-0.05, 0) is 49.6 Å². The monoisotopic (exact) mass is 467 g/mol. The molecule has 1 N–H and O–H groups in total. The van der Waals surface area contributed by atoms with Crippen LogP contribution in [0, 0.1) is 19.8 Å². The van der Waals surface area contributed by atoms with E-state index in [1.165, 1.54) is 11.8 Å². The topological polar surface area (TPSA) is 86.5 Å². The van der Waals surface area contributed by atoms with Gasteiger partial charge in [-0.25, -0.2) is 0 Å². The fraction of sp³-hybridized carbons (Fsp3) is 0.400. The van der Waals surface area contributed by atoms with E-state index in [2.05, 4.69) is 35.4 Å². The quantitative estimate of drug-likeness (QED) is 0.483. The lowest BCUT2D eigenvalue weighted by Crippen LogP contribution is -2.33. The van der Waals surface area contributed by atoms with E-state index in [-0.39, 0.29) is 23.6 Å². The lowest BCUT2D eigenvalue weighted by atomic mass is 9.95. The third-order valence-electron chi connectivity index (χ3n) is 5.32. The van der Waals surface area contributed by atoms with Crippen molar-refractivity contribution in [1.29, 1.82) is 0 Å². The van der Waals surface area contributed by atoms with E-state index in [1.54, 1.807) is 0 Å².